The molecule has 1 aliphatic heterocycles. The molecule has 2 unspecified atom stereocenters. The highest BCUT2D eigenvalue weighted by atomic mass is 35.5. The van der Waals surface area contributed by atoms with Crippen molar-refractivity contribution in [2.75, 3.05) is 18.0 Å². The van der Waals surface area contributed by atoms with Crippen LogP contribution in [0.15, 0.2) is 6.07 Å². The van der Waals surface area contributed by atoms with Crippen LogP contribution >= 0.6 is 11.6 Å². The fourth-order valence-electron chi connectivity index (χ4n) is 2.10. The third-order valence-corrected chi connectivity index (χ3v) is 3.38. The average Bonchev–Trinajstić information content (AvgIpc) is 2.76. The number of anilines is 1. The lowest BCUT2D eigenvalue weighted by atomic mass is 10.0. The maximum atomic E-state index is 12.6. The molecule has 1 aromatic heterocycles. The van der Waals surface area contributed by atoms with E-state index in [4.69, 9.17) is 11.6 Å². The van der Waals surface area contributed by atoms with Crippen molar-refractivity contribution in [3.05, 3.63) is 17.0 Å². The van der Waals surface area contributed by atoms with Gasteiger partial charge < -0.3 is 10.0 Å². The zero-order valence-corrected chi connectivity index (χ0v) is 10.9. The zero-order valence-electron chi connectivity index (χ0n) is 10.2. The van der Waals surface area contributed by atoms with Gasteiger partial charge in [0.25, 0.3) is 0 Å². The van der Waals surface area contributed by atoms with Gasteiger partial charge in [0.15, 0.2) is 5.69 Å². The highest BCUT2D eigenvalue weighted by Gasteiger charge is 2.35. The Hall–Kier alpha value is -1.08. The van der Waals surface area contributed by atoms with Crippen LogP contribution in [0.25, 0.3) is 0 Å². The summed E-state index contributed by atoms with van der Waals surface area (Å²) in [6.07, 6.45) is -4.34. The molecule has 1 N–H and O–H groups in total. The van der Waals surface area contributed by atoms with Crippen LogP contribution in [0.5, 0.6) is 0 Å². The van der Waals surface area contributed by atoms with Gasteiger partial charge in [-0.15, -0.1) is 0 Å². The fraction of sp³-hybridized carbons (Fsp3) is 0.636. The second-order valence-corrected chi connectivity index (χ2v) is 4.95. The van der Waals surface area contributed by atoms with E-state index in [-0.39, 0.29) is 11.7 Å². The number of aliphatic hydroxyl groups excluding tert-OH is 1. The lowest BCUT2D eigenvalue weighted by Gasteiger charge is -2.19. The van der Waals surface area contributed by atoms with E-state index in [2.05, 4.69) is 9.97 Å². The van der Waals surface area contributed by atoms with Gasteiger partial charge in [-0.05, 0) is 24.9 Å². The summed E-state index contributed by atoms with van der Waals surface area (Å²) >= 11 is 5.54. The Kier molecular flexibility index (Phi) is 3.87. The molecule has 0 bridgehead atoms. The Balaban J connectivity index is 2.24. The summed E-state index contributed by atoms with van der Waals surface area (Å²) in [7, 11) is 0. The standard InChI is InChI=1S/C11H13ClF3N3O/c1-6(19)7-2-3-18(5-7)9-4-8(11(13,14)15)16-10(12)17-9/h4,6-7,19H,2-3,5H2,1H3. The van der Waals surface area contributed by atoms with Gasteiger partial charge in [0, 0.05) is 25.1 Å². The van der Waals surface area contributed by atoms with Crippen LogP contribution in [0.3, 0.4) is 0 Å². The number of hydrogen-bond acceptors (Lipinski definition) is 4. The molecule has 2 atom stereocenters. The minimum absolute atomic E-state index is 0.0306. The Morgan fingerprint density at radius 3 is 2.68 bits per heavy atom. The topological polar surface area (TPSA) is 49.2 Å². The molecule has 2 heterocycles. The van der Waals surface area contributed by atoms with Crippen LogP contribution < -0.4 is 4.90 Å². The van der Waals surface area contributed by atoms with Gasteiger partial charge in [0.2, 0.25) is 5.28 Å². The van der Waals surface area contributed by atoms with Crippen LogP contribution in [0, 0.1) is 5.92 Å². The molecule has 1 aliphatic rings. The van der Waals surface area contributed by atoms with Gasteiger partial charge >= 0.3 is 6.18 Å². The second kappa shape index (κ2) is 5.13. The van der Waals surface area contributed by atoms with E-state index in [1.54, 1.807) is 11.8 Å². The van der Waals surface area contributed by atoms with Gasteiger partial charge in [-0.2, -0.15) is 13.2 Å². The van der Waals surface area contributed by atoms with Crippen molar-refractivity contribution in [2.45, 2.75) is 25.6 Å². The van der Waals surface area contributed by atoms with Gasteiger partial charge in [-0.1, -0.05) is 0 Å². The van der Waals surface area contributed by atoms with Gasteiger partial charge in [0.1, 0.15) is 5.82 Å². The highest BCUT2D eigenvalue weighted by Crippen LogP contribution is 2.32. The maximum absolute atomic E-state index is 12.6. The van der Waals surface area contributed by atoms with Crippen LogP contribution in [-0.2, 0) is 6.18 Å². The van der Waals surface area contributed by atoms with Crippen molar-refractivity contribution in [2.24, 2.45) is 5.92 Å². The number of rotatable bonds is 2. The van der Waals surface area contributed by atoms with Gasteiger partial charge in [-0.3, -0.25) is 0 Å². The minimum Gasteiger partial charge on any atom is -0.393 e. The summed E-state index contributed by atoms with van der Waals surface area (Å²) in [6.45, 7) is 2.67. The lowest BCUT2D eigenvalue weighted by Crippen LogP contribution is -2.25. The molecule has 1 saturated heterocycles. The molecule has 1 aromatic rings. The molecule has 2 rings (SSSR count). The van der Waals surface area contributed by atoms with E-state index in [1.165, 1.54) is 0 Å². The molecule has 8 heteroatoms. The minimum atomic E-state index is -4.55. The first kappa shape index (κ1) is 14.3. The maximum Gasteiger partial charge on any atom is 0.433 e. The Morgan fingerprint density at radius 2 is 2.16 bits per heavy atom. The molecule has 4 nitrogen and oxygen atoms in total. The monoisotopic (exact) mass is 295 g/mol. The van der Waals surface area contributed by atoms with Crippen LogP contribution in [-0.4, -0.2) is 34.3 Å². The summed E-state index contributed by atoms with van der Waals surface area (Å²) in [5, 5.41) is 9.06. The van der Waals surface area contributed by atoms with E-state index in [1.807, 2.05) is 0 Å². The molecule has 19 heavy (non-hydrogen) atoms. The highest BCUT2D eigenvalue weighted by molar-refractivity contribution is 6.28. The number of aliphatic hydroxyl groups is 1. The molecule has 0 aromatic carbocycles. The van der Waals surface area contributed by atoms with Crippen molar-refractivity contribution in [1.29, 1.82) is 0 Å². The summed E-state index contributed by atoms with van der Waals surface area (Å²) in [5.41, 5.74) is -1.05. The SMILES string of the molecule is CC(O)C1CCN(c2cc(C(F)(F)F)nc(Cl)n2)C1. The molecule has 0 saturated carbocycles. The molecule has 0 amide bonds. The Bertz CT molecular complexity index is 467. The van der Waals surface area contributed by atoms with Crippen LogP contribution in [0.2, 0.25) is 5.28 Å². The third-order valence-electron chi connectivity index (χ3n) is 3.21. The van der Waals surface area contributed by atoms with Crippen LogP contribution in [0.4, 0.5) is 19.0 Å². The first-order valence-corrected chi connectivity index (χ1v) is 6.20. The molecular formula is C11H13ClF3N3O. The molecule has 106 valence electrons. The van der Waals surface area contributed by atoms with Crippen molar-refractivity contribution < 1.29 is 18.3 Å². The second-order valence-electron chi connectivity index (χ2n) is 4.61. The number of halogens is 4. The van der Waals surface area contributed by atoms with Gasteiger partial charge in [0.05, 0.1) is 6.10 Å². The van der Waals surface area contributed by atoms with E-state index < -0.39 is 23.3 Å². The fourth-order valence-corrected chi connectivity index (χ4v) is 2.28. The van der Waals surface area contributed by atoms with Crippen LogP contribution in [0.1, 0.15) is 19.0 Å². The molecule has 0 radical (unpaired) electrons. The first-order chi connectivity index (χ1) is 8.77. The van der Waals surface area contributed by atoms with Gasteiger partial charge in [-0.25, -0.2) is 9.97 Å². The molecule has 1 fully saturated rings. The predicted molar refractivity (Wildman–Crippen MR) is 64.0 cm³/mol. The van der Waals surface area contributed by atoms with Crippen molar-refractivity contribution >= 4 is 17.4 Å². The number of alkyl halides is 3. The summed E-state index contributed by atoms with van der Waals surface area (Å²) in [4.78, 5) is 8.69. The lowest BCUT2D eigenvalue weighted by molar-refractivity contribution is -0.141. The summed E-state index contributed by atoms with van der Waals surface area (Å²) in [5.74, 6) is 0.179. The number of nitrogens with zero attached hydrogens (tertiary/aromatic N) is 3. The van der Waals surface area contributed by atoms with Crippen molar-refractivity contribution in [3.8, 4) is 0 Å². The average molecular weight is 296 g/mol. The molecular weight excluding hydrogens is 283 g/mol. The summed E-state index contributed by atoms with van der Waals surface area (Å²) < 4.78 is 37.9. The normalized spacial score (nSPS) is 21.8. The first-order valence-electron chi connectivity index (χ1n) is 5.82. The number of aromatic nitrogens is 2. The Labute approximate surface area is 113 Å². The third kappa shape index (κ3) is 3.27. The zero-order chi connectivity index (χ0) is 14.2. The largest absolute Gasteiger partial charge is 0.433 e. The predicted octanol–water partition coefficient (Wildman–Crippen LogP) is 2.36. The molecule has 0 aliphatic carbocycles. The summed E-state index contributed by atoms with van der Waals surface area (Å²) in [6, 6.07) is 0.885. The smallest absolute Gasteiger partial charge is 0.393 e. The Morgan fingerprint density at radius 1 is 1.47 bits per heavy atom. The molecule has 0 spiro atoms. The van der Waals surface area contributed by atoms with E-state index in [9.17, 15) is 18.3 Å². The number of hydrogen-bond donors (Lipinski definition) is 1. The van der Waals surface area contributed by atoms with Crippen molar-refractivity contribution in [1.82, 2.24) is 9.97 Å². The van der Waals surface area contributed by atoms with E-state index in [0.29, 0.717) is 19.5 Å². The van der Waals surface area contributed by atoms with Crippen molar-refractivity contribution in [3.63, 3.8) is 0 Å². The quantitative estimate of drug-likeness (QED) is 0.851. The van der Waals surface area contributed by atoms with E-state index >= 15 is 0 Å². The van der Waals surface area contributed by atoms with E-state index in [0.717, 1.165) is 6.07 Å².